The highest BCUT2D eigenvalue weighted by molar-refractivity contribution is 7.89. The highest BCUT2D eigenvalue weighted by Gasteiger charge is 2.23. The Hall–Kier alpha value is -3.85. The van der Waals surface area contributed by atoms with Gasteiger partial charge in [0.05, 0.1) is 29.1 Å². The third-order valence-corrected chi connectivity index (χ3v) is 8.04. The van der Waals surface area contributed by atoms with E-state index in [0.717, 1.165) is 4.31 Å². The minimum absolute atomic E-state index is 0.0496. The number of likely N-dealkylation sites (N-methyl/N-ethyl adjacent to an activating group) is 1. The zero-order chi connectivity index (χ0) is 27.1. The maximum Gasteiger partial charge on any atom is 0.255 e. The van der Waals surface area contributed by atoms with Crippen LogP contribution in [0.2, 0.25) is 0 Å². The van der Waals surface area contributed by atoms with Gasteiger partial charge in [0.25, 0.3) is 5.91 Å². The van der Waals surface area contributed by atoms with Gasteiger partial charge in [-0.15, -0.1) is 0 Å². The van der Waals surface area contributed by atoms with E-state index in [-0.39, 0.29) is 28.0 Å². The second-order valence-electron chi connectivity index (χ2n) is 7.70. The molecular weight excluding hydrogens is 522 g/mol. The lowest BCUT2D eigenvalue weighted by Crippen LogP contribution is -2.36. The molecule has 0 bridgehead atoms. The summed E-state index contributed by atoms with van der Waals surface area (Å²) in [5.74, 6) is -0.417. The van der Waals surface area contributed by atoms with Crippen molar-refractivity contribution in [2.45, 2.75) is 23.3 Å². The normalized spacial score (nSPS) is 12.1. The quantitative estimate of drug-likeness (QED) is 0.241. The molecular formula is C23H25N5O7S2. The first-order valence-corrected chi connectivity index (χ1v) is 13.7. The third kappa shape index (κ3) is 7.82. The maximum atomic E-state index is 12.7. The summed E-state index contributed by atoms with van der Waals surface area (Å²) in [5.41, 5.74) is 2.65. The van der Waals surface area contributed by atoms with Crippen LogP contribution in [0.1, 0.15) is 18.4 Å². The van der Waals surface area contributed by atoms with Crippen molar-refractivity contribution in [3.8, 4) is 0 Å². The molecule has 3 aromatic rings. The molecule has 0 aliphatic carbocycles. The number of hydrazone groups is 1. The molecule has 3 rings (SSSR count). The zero-order valence-corrected chi connectivity index (χ0v) is 21.5. The minimum Gasteiger partial charge on any atom is -0.459 e. The van der Waals surface area contributed by atoms with Crippen LogP contribution in [0.3, 0.4) is 0 Å². The number of nitrogens with one attached hydrogen (secondary N) is 3. The van der Waals surface area contributed by atoms with Crippen LogP contribution >= 0.6 is 0 Å². The lowest BCUT2D eigenvalue weighted by atomic mass is 10.3. The second kappa shape index (κ2) is 11.9. The van der Waals surface area contributed by atoms with Crippen LogP contribution in [0.15, 0.2) is 86.0 Å². The number of carbonyl (C=O) groups excluding carboxylic acids is 2. The van der Waals surface area contributed by atoms with E-state index in [9.17, 15) is 26.4 Å². The summed E-state index contributed by atoms with van der Waals surface area (Å²) >= 11 is 0. The summed E-state index contributed by atoms with van der Waals surface area (Å²) < 4.78 is 58.6. The van der Waals surface area contributed by atoms with Gasteiger partial charge in [-0.05, 0) is 48.5 Å². The Morgan fingerprint density at radius 2 is 1.62 bits per heavy atom. The highest BCUT2D eigenvalue weighted by Crippen LogP contribution is 2.17. The van der Waals surface area contributed by atoms with E-state index in [0.29, 0.717) is 11.4 Å². The average molecular weight is 548 g/mol. The van der Waals surface area contributed by atoms with Gasteiger partial charge in [0, 0.05) is 19.7 Å². The first kappa shape index (κ1) is 27.7. The van der Waals surface area contributed by atoms with Crippen LogP contribution in [0.5, 0.6) is 0 Å². The molecule has 14 heteroatoms. The molecule has 0 saturated heterocycles. The van der Waals surface area contributed by atoms with Crippen LogP contribution in [0.4, 0.5) is 5.69 Å². The van der Waals surface area contributed by atoms with Crippen molar-refractivity contribution in [2.24, 2.45) is 5.10 Å². The molecule has 1 heterocycles. The standard InChI is InChI=1S/C23H25N5O7S2/c1-17(29)26-18-8-12-22(13-9-18)37(33,34)28(2)16-23(30)27-24-14-19-10-11-20(35-19)15-25-36(31,32)21-6-4-3-5-7-21/h3-14,25H,15-16H2,1-2H3,(H,26,29)(H,27,30)/b24-14-. The number of anilines is 1. The van der Waals surface area contributed by atoms with Gasteiger partial charge in [-0.2, -0.15) is 9.41 Å². The minimum atomic E-state index is -3.96. The number of benzene rings is 2. The molecule has 2 amide bonds. The van der Waals surface area contributed by atoms with Crippen molar-refractivity contribution in [3.63, 3.8) is 0 Å². The Balaban J connectivity index is 1.50. The average Bonchev–Trinajstić information content (AvgIpc) is 3.31. The molecule has 0 fully saturated rings. The van der Waals surface area contributed by atoms with E-state index in [4.69, 9.17) is 4.42 Å². The predicted octanol–water partition coefficient (Wildman–Crippen LogP) is 1.49. The Morgan fingerprint density at radius 3 is 2.27 bits per heavy atom. The van der Waals surface area contributed by atoms with E-state index < -0.39 is 32.5 Å². The largest absolute Gasteiger partial charge is 0.459 e. The smallest absolute Gasteiger partial charge is 0.255 e. The van der Waals surface area contributed by atoms with Crippen LogP contribution in [0, 0.1) is 0 Å². The maximum absolute atomic E-state index is 12.7. The molecule has 3 N–H and O–H groups in total. The molecule has 0 spiro atoms. The number of furan rings is 1. The van der Waals surface area contributed by atoms with Gasteiger partial charge in [-0.25, -0.2) is 27.0 Å². The Morgan fingerprint density at radius 1 is 0.946 bits per heavy atom. The third-order valence-electron chi connectivity index (χ3n) is 4.80. The summed E-state index contributed by atoms with van der Waals surface area (Å²) in [6, 6.07) is 16.5. The zero-order valence-electron chi connectivity index (χ0n) is 19.9. The Bertz CT molecular complexity index is 1480. The molecule has 0 aliphatic rings. The predicted molar refractivity (Wildman–Crippen MR) is 135 cm³/mol. The van der Waals surface area contributed by atoms with Gasteiger partial charge >= 0.3 is 0 Å². The molecule has 0 atom stereocenters. The van der Waals surface area contributed by atoms with Gasteiger partial charge in [0.1, 0.15) is 11.5 Å². The highest BCUT2D eigenvalue weighted by atomic mass is 32.2. The Kier molecular flexibility index (Phi) is 8.94. The van der Waals surface area contributed by atoms with Gasteiger partial charge < -0.3 is 9.73 Å². The molecule has 0 unspecified atom stereocenters. The number of hydrogen-bond donors (Lipinski definition) is 3. The second-order valence-corrected chi connectivity index (χ2v) is 11.5. The van der Waals surface area contributed by atoms with E-state index >= 15 is 0 Å². The molecule has 37 heavy (non-hydrogen) atoms. The molecule has 0 radical (unpaired) electrons. The number of nitrogens with zero attached hydrogens (tertiary/aromatic N) is 2. The first-order valence-electron chi connectivity index (χ1n) is 10.8. The summed E-state index contributed by atoms with van der Waals surface area (Å²) in [6.45, 7) is 0.741. The summed E-state index contributed by atoms with van der Waals surface area (Å²) in [5, 5.41) is 6.28. The van der Waals surface area contributed by atoms with Crippen molar-refractivity contribution < 1.29 is 30.8 Å². The molecule has 2 aromatic carbocycles. The molecule has 12 nitrogen and oxygen atoms in total. The van der Waals surface area contributed by atoms with Crippen molar-refractivity contribution in [2.75, 3.05) is 18.9 Å². The lowest BCUT2D eigenvalue weighted by molar-refractivity contribution is -0.121. The lowest BCUT2D eigenvalue weighted by Gasteiger charge is -2.16. The topological polar surface area (TPSA) is 167 Å². The molecule has 0 saturated carbocycles. The summed E-state index contributed by atoms with van der Waals surface area (Å²) in [4.78, 5) is 23.3. The van der Waals surface area contributed by atoms with Crippen LogP contribution in [0.25, 0.3) is 0 Å². The van der Waals surface area contributed by atoms with Gasteiger partial charge in [-0.1, -0.05) is 18.2 Å². The van der Waals surface area contributed by atoms with E-state index in [1.165, 1.54) is 62.7 Å². The van der Waals surface area contributed by atoms with Crippen LogP contribution in [-0.4, -0.2) is 52.8 Å². The molecule has 1 aromatic heterocycles. The van der Waals surface area contributed by atoms with Gasteiger partial charge in [0.2, 0.25) is 26.0 Å². The van der Waals surface area contributed by atoms with Gasteiger partial charge in [-0.3, -0.25) is 9.59 Å². The molecule has 0 aliphatic heterocycles. The van der Waals surface area contributed by atoms with Crippen molar-refractivity contribution in [1.82, 2.24) is 14.5 Å². The van der Waals surface area contributed by atoms with Crippen molar-refractivity contribution in [3.05, 3.63) is 78.3 Å². The molecule has 196 valence electrons. The fourth-order valence-electron chi connectivity index (χ4n) is 2.99. The summed E-state index contributed by atoms with van der Waals surface area (Å²) in [7, 11) is -6.41. The Labute approximate surface area is 214 Å². The number of rotatable bonds is 11. The van der Waals surface area contributed by atoms with Gasteiger partial charge in [0.15, 0.2) is 0 Å². The number of sulfonamides is 2. The van der Waals surface area contributed by atoms with Crippen molar-refractivity contribution >= 4 is 43.8 Å². The van der Waals surface area contributed by atoms with Crippen molar-refractivity contribution in [1.29, 1.82) is 0 Å². The van der Waals surface area contributed by atoms with E-state index in [1.54, 1.807) is 24.3 Å². The fourth-order valence-corrected chi connectivity index (χ4v) is 5.13. The van der Waals surface area contributed by atoms with Crippen LogP contribution in [-0.2, 0) is 36.2 Å². The van der Waals surface area contributed by atoms with Crippen LogP contribution < -0.4 is 15.5 Å². The number of carbonyl (C=O) groups is 2. The first-order chi connectivity index (χ1) is 17.5. The monoisotopic (exact) mass is 547 g/mol. The SMILES string of the molecule is CC(=O)Nc1ccc(S(=O)(=O)N(C)CC(=O)N/N=C\c2ccc(CNS(=O)(=O)c3ccccc3)o2)cc1. The van der Waals surface area contributed by atoms with E-state index in [1.807, 2.05) is 0 Å². The van der Waals surface area contributed by atoms with E-state index in [2.05, 4.69) is 20.6 Å². The number of hydrogen-bond acceptors (Lipinski definition) is 8. The summed E-state index contributed by atoms with van der Waals surface area (Å²) in [6.07, 6.45) is 1.20. The number of amides is 2. The fraction of sp³-hybridized carbons (Fsp3) is 0.174.